The van der Waals surface area contributed by atoms with Gasteiger partial charge in [0.2, 0.25) is 0 Å². The molecule has 0 amide bonds. The van der Waals surface area contributed by atoms with Crippen LogP contribution in [0.15, 0.2) is 11.8 Å². The average molecular weight is 174 g/mol. The first-order chi connectivity index (χ1) is 5.76. The number of rotatable bonds is 5. The largest absolute Gasteiger partial charge is 0.504 e. The standard InChI is InChI=1S/C8H14O4/c1-4-7(6-10-3)8(9)12-11-5-2/h6H,4-5H2,1-3H3. The second kappa shape index (κ2) is 6.67. The van der Waals surface area contributed by atoms with Gasteiger partial charge >= 0.3 is 5.97 Å². The summed E-state index contributed by atoms with van der Waals surface area (Å²) < 4.78 is 4.68. The topological polar surface area (TPSA) is 44.8 Å². The third-order valence-electron chi connectivity index (χ3n) is 1.16. The lowest BCUT2D eigenvalue weighted by atomic mass is 10.2. The van der Waals surface area contributed by atoms with Crippen molar-refractivity contribution in [2.75, 3.05) is 13.7 Å². The summed E-state index contributed by atoms with van der Waals surface area (Å²) in [7, 11) is 1.48. The summed E-state index contributed by atoms with van der Waals surface area (Å²) in [5, 5.41) is 0. The smallest absolute Gasteiger partial charge is 0.372 e. The van der Waals surface area contributed by atoms with Gasteiger partial charge in [-0.15, -0.1) is 0 Å². The molecule has 0 rings (SSSR count). The summed E-state index contributed by atoms with van der Waals surface area (Å²) in [5.74, 6) is -0.499. The second-order valence-electron chi connectivity index (χ2n) is 2.01. The van der Waals surface area contributed by atoms with E-state index < -0.39 is 5.97 Å². The summed E-state index contributed by atoms with van der Waals surface area (Å²) in [5.41, 5.74) is 0.450. The number of methoxy groups -OCH3 is 1. The van der Waals surface area contributed by atoms with Crippen LogP contribution in [0.3, 0.4) is 0 Å². The first kappa shape index (κ1) is 11.0. The van der Waals surface area contributed by atoms with E-state index in [0.717, 1.165) is 0 Å². The summed E-state index contributed by atoms with van der Waals surface area (Å²) in [6, 6.07) is 0. The fourth-order valence-electron chi connectivity index (χ4n) is 0.584. The minimum atomic E-state index is -0.499. The van der Waals surface area contributed by atoms with Gasteiger partial charge in [0.25, 0.3) is 0 Å². The molecule has 0 saturated carbocycles. The Morgan fingerprint density at radius 1 is 1.42 bits per heavy atom. The van der Waals surface area contributed by atoms with Crippen LogP contribution in [-0.2, 0) is 19.3 Å². The first-order valence-electron chi connectivity index (χ1n) is 3.81. The molecule has 70 valence electrons. The Morgan fingerprint density at radius 2 is 2.08 bits per heavy atom. The fourth-order valence-corrected chi connectivity index (χ4v) is 0.584. The lowest BCUT2D eigenvalue weighted by Crippen LogP contribution is -2.08. The molecule has 0 atom stereocenters. The van der Waals surface area contributed by atoms with E-state index in [9.17, 15) is 4.79 Å². The molecule has 0 aliphatic rings. The van der Waals surface area contributed by atoms with E-state index in [-0.39, 0.29) is 0 Å². The van der Waals surface area contributed by atoms with Crippen LogP contribution in [0.4, 0.5) is 0 Å². The maximum absolute atomic E-state index is 11.0. The lowest BCUT2D eigenvalue weighted by molar-refractivity contribution is -0.265. The molecule has 4 nitrogen and oxygen atoms in total. The van der Waals surface area contributed by atoms with Gasteiger partial charge in [0.05, 0.1) is 25.6 Å². The molecule has 0 fully saturated rings. The minimum Gasteiger partial charge on any atom is -0.504 e. The molecule has 0 aromatic heterocycles. The molecule has 0 aromatic rings. The predicted octanol–water partition coefficient (Wildman–Crippen LogP) is 1.42. The molecule has 0 aliphatic heterocycles. The Hall–Kier alpha value is -1.03. The van der Waals surface area contributed by atoms with Crippen molar-refractivity contribution in [3.8, 4) is 0 Å². The summed E-state index contributed by atoms with van der Waals surface area (Å²) in [4.78, 5) is 19.9. The highest BCUT2D eigenvalue weighted by atomic mass is 17.2. The molecule has 0 aliphatic carbocycles. The van der Waals surface area contributed by atoms with Gasteiger partial charge in [-0.05, 0) is 13.3 Å². The van der Waals surface area contributed by atoms with Gasteiger partial charge in [-0.25, -0.2) is 4.79 Å². The van der Waals surface area contributed by atoms with Gasteiger partial charge in [-0.1, -0.05) is 6.92 Å². The Kier molecular flexibility index (Phi) is 6.09. The van der Waals surface area contributed by atoms with Gasteiger partial charge in [0.1, 0.15) is 0 Å². The van der Waals surface area contributed by atoms with Crippen LogP contribution < -0.4 is 0 Å². The van der Waals surface area contributed by atoms with Crippen LogP contribution in [0, 0.1) is 0 Å². The summed E-state index contributed by atoms with van der Waals surface area (Å²) in [6.07, 6.45) is 1.90. The van der Waals surface area contributed by atoms with Crippen molar-refractivity contribution in [3.05, 3.63) is 11.8 Å². The first-order valence-corrected chi connectivity index (χ1v) is 3.81. The van der Waals surface area contributed by atoms with E-state index >= 15 is 0 Å². The molecule has 0 spiro atoms. The van der Waals surface area contributed by atoms with Gasteiger partial charge in [-0.2, -0.15) is 4.89 Å². The molecular formula is C8H14O4. The number of hydrogen-bond acceptors (Lipinski definition) is 4. The van der Waals surface area contributed by atoms with E-state index in [1.165, 1.54) is 13.4 Å². The number of carbonyl (C=O) groups is 1. The highest BCUT2D eigenvalue weighted by Crippen LogP contribution is 2.03. The van der Waals surface area contributed by atoms with E-state index in [2.05, 4.69) is 14.5 Å². The zero-order valence-corrected chi connectivity index (χ0v) is 7.62. The molecule has 0 bridgehead atoms. The van der Waals surface area contributed by atoms with E-state index in [0.29, 0.717) is 18.6 Å². The maximum atomic E-state index is 11.0. The van der Waals surface area contributed by atoms with Crippen LogP contribution in [0.2, 0.25) is 0 Å². The van der Waals surface area contributed by atoms with E-state index in [1.807, 2.05) is 6.92 Å². The Labute approximate surface area is 72.0 Å². The molecule has 12 heavy (non-hydrogen) atoms. The van der Waals surface area contributed by atoms with Crippen molar-refractivity contribution in [3.63, 3.8) is 0 Å². The zero-order chi connectivity index (χ0) is 9.40. The van der Waals surface area contributed by atoms with Crippen LogP contribution in [0.1, 0.15) is 20.3 Å². The van der Waals surface area contributed by atoms with Crippen molar-refractivity contribution in [2.45, 2.75) is 20.3 Å². The lowest BCUT2D eigenvalue weighted by Gasteiger charge is -2.02. The minimum absolute atomic E-state index is 0.343. The second-order valence-corrected chi connectivity index (χ2v) is 2.01. The fraction of sp³-hybridized carbons (Fsp3) is 0.625. The van der Waals surface area contributed by atoms with Gasteiger partial charge in [0, 0.05) is 0 Å². The highest BCUT2D eigenvalue weighted by Gasteiger charge is 2.09. The molecule has 0 heterocycles. The van der Waals surface area contributed by atoms with Crippen molar-refractivity contribution in [1.29, 1.82) is 0 Å². The van der Waals surface area contributed by atoms with Crippen molar-refractivity contribution in [2.24, 2.45) is 0 Å². The van der Waals surface area contributed by atoms with Gasteiger partial charge < -0.3 is 4.74 Å². The monoisotopic (exact) mass is 174 g/mol. The number of ether oxygens (including phenoxy) is 1. The maximum Gasteiger partial charge on any atom is 0.372 e. The quantitative estimate of drug-likeness (QED) is 0.273. The molecule has 0 saturated heterocycles. The Balaban J connectivity index is 3.95. The molecule has 0 N–H and O–H groups in total. The Morgan fingerprint density at radius 3 is 2.50 bits per heavy atom. The predicted molar refractivity (Wildman–Crippen MR) is 43.1 cm³/mol. The molecule has 4 heteroatoms. The SMILES string of the molecule is CCOOC(=O)C(=COC)CC. The van der Waals surface area contributed by atoms with Crippen molar-refractivity contribution >= 4 is 5.97 Å². The van der Waals surface area contributed by atoms with Gasteiger partial charge in [-0.3, -0.25) is 4.89 Å². The van der Waals surface area contributed by atoms with Crippen LogP contribution in [-0.4, -0.2) is 19.7 Å². The van der Waals surface area contributed by atoms with Crippen LogP contribution in [0.25, 0.3) is 0 Å². The molecular weight excluding hydrogens is 160 g/mol. The van der Waals surface area contributed by atoms with E-state index in [1.54, 1.807) is 6.92 Å². The highest BCUT2D eigenvalue weighted by molar-refractivity contribution is 5.87. The molecule has 0 radical (unpaired) electrons. The molecule has 0 aromatic carbocycles. The number of carbonyl (C=O) groups excluding carboxylic acids is 1. The molecule has 0 unspecified atom stereocenters. The zero-order valence-electron chi connectivity index (χ0n) is 7.62. The van der Waals surface area contributed by atoms with Crippen molar-refractivity contribution in [1.82, 2.24) is 0 Å². The number of hydrogen-bond donors (Lipinski definition) is 0. The summed E-state index contributed by atoms with van der Waals surface area (Å²) >= 11 is 0. The Bertz CT molecular complexity index is 162. The van der Waals surface area contributed by atoms with Gasteiger partial charge in [0.15, 0.2) is 0 Å². The van der Waals surface area contributed by atoms with Crippen molar-refractivity contribution < 1.29 is 19.3 Å². The normalized spacial score (nSPS) is 11.1. The third kappa shape index (κ3) is 3.98. The van der Waals surface area contributed by atoms with E-state index in [4.69, 9.17) is 0 Å². The van der Waals surface area contributed by atoms with Crippen LogP contribution in [0.5, 0.6) is 0 Å². The average Bonchev–Trinajstić information content (AvgIpc) is 2.10. The third-order valence-corrected chi connectivity index (χ3v) is 1.16. The summed E-state index contributed by atoms with van der Waals surface area (Å²) in [6.45, 7) is 3.91. The van der Waals surface area contributed by atoms with Crippen LogP contribution >= 0.6 is 0 Å².